The molecule has 3 fully saturated rings. The van der Waals surface area contributed by atoms with Gasteiger partial charge in [0.1, 0.15) is 11.6 Å². The second-order valence-corrected chi connectivity index (χ2v) is 9.43. The average molecular weight is 396 g/mol. The summed E-state index contributed by atoms with van der Waals surface area (Å²) in [5.74, 6) is -0.0402. The number of nitrogens with zero attached hydrogens (tertiary/aromatic N) is 2. The minimum atomic E-state index is -0.552. The van der Waals surface area contributed by atoms with Gasteiger partial charge < -0.3 is 14.8 Å². The number of hydrogen-bond donors (Lipinski definition) is 1. The fourth-order valence-corrected chi connectivity index (χ4v) is 4.80. The Balaban J connectivity index is 1.61. The van der Waals surface area contributed by atoms with Crippen molar-refractivity contribution in [2.24, 2.45) is 0 Å². The highest BCUT2D eigenvalue weighted by Gasteiger charge is 2.41. The Hall–Kier alpha value is -1.34. The fraction of sp³-hybridized carbons (Fsp3) is 0.905. The molecule has 1 N–H and O–H groups in total. The maximum atomic E-state index is 13.0. The van der Waals surface area contributed by atoms with Crippen LogP contribution in [0, 0.1) is 0 Å². The number of rotatable bonds is 4. The van der Waals surface area contributed by atoms with Gasteiger partial charge in [-0.1, -0.05) is 19.3 Å². The minimum absolute atomic E-state index is 0.0348. The van der Waals surface area contributed by atoms with Crippen LogP contribution in [-0.2, 0) is 14.3 Å². The molecule has 3 aliphatic rings. The van der Waals surface area contributed by atoms with Crippen LogP contribution < -0.4 is 5.32 Å². The van der Waals surface area contributed by atoms with E-state index in [9.17, 15) is 9.59 Å². The highest BCUT2D eigenvalue weighted by molar-refractivity contribution is 5.86. The third-order valence-electron chi connectivity index (χ3n) is 6.24. The van der Waals surface area contributed by atoms with Gasteiger partial charge in [0.05, 0.1) is 13.2 Å². The van der Waals surface area contributed by atoms with Crippen molar-refractivity contribution in [2.75, 3.05) is 39.4 Å². The van der Waals surface area contributed by atoms with Gasteiger partial charge in [-0.2, -0.15) is 0 Å². The molecule has 1 saturated carbocycles. The number of nitrogens with one attached hydrogen (secondary N) is 1. The Morgan fingerprint density at radius 3 is 2.39 bits per heavy atom. The monoisotopic (exact) mass is 395 g/mol. The van der Waals surface area contributed by atoms with E-state index in [0.29, 0.717) is 19.5 Å². The largest absolute Gasteiger partial charge is 0.444 e. The zero-order valence-corrected chi connectivity index (χ0v) is 17.8. The molecule has 2 amide bonds. The molecule has 0 unspecified atom stereocenters. The maximum Gasteiger partial charge on any atom is 0.410 e. The minimum Gasteiger partial charge on any atom is -0.444 e. The SMILES string of the molecule is CC(C)(C)OC(=O)N1CCC[C@@H]1C(=O)NCC1(N2CCOCC2)CCCCC1. The molecule has 0 bridgehead atoms. The molecule has 0 spiro atoms. The summed E-state index contributed by atoms with van der Waals surface area (Å²) in [5.41, 5.74) is -0.518. The highest BCUT2D eigenvalue weighted by Crippen LogP contribution is 2.34. The quantitative estimate of drug-likeness (QED) is 0.792. The molecule has 2 aliphatic heterocycles. The van der Waals surface area contributed by atoms with Crippen LogP contribution in [0.2, 0.25) is 0 Å². The zero-order valence-electron chi connectivity index (χ0n) is 17.8. The number of likely N-dealkylation sites (tertiary alicyclic amines) is 1. The van der Waals surface area contributed by atoms with E-state index in [-0.39, 0.29) is 17.5 Å². The van der Waals surface area contributed by atoms with E-state index in [2.05, 4.69) is 10.2 Å². The van der Waals surface area contributed by atoms with Crippen LogP contribution in [0.4, 0.5) is 4.79 Å². The summed E-state index contributed by atoms with van der Waals surface area (Å²) in [6.07, 6.45) is 7.09. The number of ether oxygens (including phenoxy) is 2. The topological polar surface area (TPSA) is 71.1 Å². The van der Waals surface area contributed by atoms with Gasteiger partial charge in [0.25, 0.3) is 0 Å². The van der Waals surface area contributed by atoms with Crippen molar-refractivity contribution in [1.29, 1.82) is 0 Å². The van der Waals surface area contributed by atoms with Gasteiger partial charge in [-0.3, -0.25) is 14.6 Å². The van der Waals surface area contributed by atoms with Crippen molar-refractivity contribution in [2.45, 2.75) is 82.9 Å². The maximum absolute atomic E-state index is 13.0. The Morgan fingerprint density at radius 1 is 1.07 bits per heavy atom. The van der Waals surface area contributed by atoms with Crippen molar-refractivity contribution in [3.63, 3.8) is 0 Å². The summed E-state index contributed by atoms with van der Waals surface area (Å²) in [5, 5.41) is 3.21. The van der Waals surface area contributed by atoms with Crippen molar-refractivity contribution in [1.82, 2.24) is 15.1 Å². The van der Waals surface area contributed by atoms with Crippen LogP contribution in [0.15, 0.2) is 0 Å². The third-order valence-corrected chi connectivity index (χ3v) is 6.24. The lowest BCUT2D eigenvalue weighted by atomic mass is 9.79. The van der Waals surface area contributed by atoms with Crippen LogP contribution >= 0.6 is 0 Å². The predicted octanol–water partition coefficient (Wildman–Crippen LogP) is 2.54. The van der Waals surface area contributed by atoms with E-state index in [1.807, 2.05) is 20.8 Å². The van der Waals surface area contributed by atoms with Crippen LogP contribution in [-0.4, -0.2) is 78.4 Å². The molecule has 2 heterocycles. The Labute approximate surface area is 169 Å². The Bertz CT molecular complexity index is 548. The predicted molar refractivity (Wildman–Crippen MR) is 107 cm³/mol. The van der Waals surface area contributed by atoms with Gasteiger partial charge in [0.15, 0.2) is 0 Å². The molecule has 0 aromatic rings. The molecule has 1 atom stereocenters. The van der Waals surface area contributed by atoms with Gasteiger partial charge >= 0.3 is 6.09 Å². The van der Waals surface area contributed by atoms with Crippen LogP contribution in [0.25, 0.3) is 0 Å². The smallest absolute Gasteiger partial charge is 0.410 e. The molecule has 28 heavy (non-hydrogen) atoms. The first kappa shape index (κ1) is 21.4. The first-order valence-electron chi connectivity index (χ1n) is 10.9. The first-order chi connectivity index (χ1) is 13.3. The number of amides is 2. The summed E-state index contributed by atoms with van der Waals surface area (Å²) < 4.78 is 11.0. The molecular weight excluding hydrogens is 358 g/mol. The summed E-state index contributed by atoms with van der Waals surface area (Å²) >= 11 is 0. The normalized spacial score (nSPS) is 26.1. The molecule has 0 aromatic carbocycles. The van der Waals surface area contributed by atoms with Gasteiger partial charge in [0, 0.05) is 31.7 Å². The van der Waals surface area contributed by atoms with E-state index >= 15 is 0 Å². The van der Waals surface area contributed by atoms with Gasteiger partial charge in [0.2, 0.25) is 5.91 Å². The van der Waals surface area contributed by atoms with E-state index in [1.165, 1.54) is 19.3 Å². The molecule has 0 aromatic heterocycles. The molecule has 1 aliphatic carbocycles. The molecule has 0 radical (unpaired) electrons. The molecular formula is C21H37N3O4. The van der Waals surface area contributed by atoms with E-state index in [4.69, 9.17) is 9.47 Å². The summed E-state index contributed by atoms with van der Waals surface area (Å²) in [4.78, 5) is 29.6. The first-order valence-corrected chi connectivity index (χ1v) is 10.9. The number of carbonyl (C=O) groups excluding carboxylic acids is 2. The number of hydrogen-bond acceptors (Lipinski definition) is 5. The Kier molecular flexibility index (Phi) is 6.86. The van der Waals surface area contributed by atoms with Crippen molar-refractivity contribution in [3.05, 3.63) is 0 Å². The summed E-state index contributed by atoms with van der Waals surface area (Å²) in [7, 11) is 0. The lowest BCUT2D eigenvalue weighted by Gasteiger charge is -2.48. The second-order valence-electron chi connectivity index (χ2n) is 9.43. The average Bonchev–Trinajstić information content (AvgIpc) is 3.16. The van der Waals surface area contributed by atoms with Crippen LogP contribution in [0.1, 0.15) is 65.7 Å². The molecule has 160 valence electrons. The summed E-state index contributed by atoms with van der Waals surface area (Å²) in [6.45, 7) is 10.2. The number of carbonyl (C=O) groups is 2. The lowest BCUT2D eigenvalue weighted by Crippen LogP contribution is -2.60. The van der Waals surface area contributed by atoms with Crippen molar-refractivity contribution >= 4 is 12.0 Å². The third kappa shape index (κ3) is 5.17. The van der Waals surface area contributed by atoms with Crippen molar-refractivity contribution < 1.29 is 19.1 Å². The van der Waals surface area contributed by atoms with E-state index in [1.54, 1.807) is 4.90 Å². The van der Waals surface area contributed by atoms with E-state index < -0.39 is 11.6 Å². The van der Waals surface area contributed by atoms with Gasteiger partial charge in [-0.15, -0.1) is 0 Å². The molecule has 2 saturated heterocycles. The highest BCUT2D eigenvalue weighted by atomic mass is 16.6. The zero-order chi connectivity index (χ0) is 20.2. The Morgan fingerprint density at radius 2 is 1.75 bits per heavy atom. The van der Waals surface area contributed by atoms with E-state index in [0.717, 1.165) is 45.6 Å². The standard InChI is InChI=1S/C21H37N3O4/c1-20(2,3)28-19(26)24-11-7-8-17(24)18(25)22-16-21(9-5-4-6-10-21)23-12-14-27-15-13-23/h17H,4-16H2,1-3H3,(H,22,25)/t17-/m1/s1. The molecule has 3 rings (SSSR count). The fourth-order valence-electron chi connectivity index (χ4n) is 4.80. The molecule has 7 heteroatoms. The van der Waals surface area contributed by atoms with Gasteiger partial charge in [-0.05, 0) is 46.5 Å². The van der Waals surface area contributed by atoms with Crippen LogP contribution in [0.5, 0.6) is 0 Å². The molecule has 7 nitrogen and oxygen atoms in total. The van der Waals surface area contributed by atoms with Crippen LogP contribution in [0.3, 0.4) is 0 Å². The second kappa shape index (κ2) is 8.99. The number of morpholine rings is 1. The summed E-state index contributed by atoms with van der Waals surface area (Å²) in [6, 6.07) is -0.417. The lowest BCUT2D eigenvalue weighted by molar-refractivity contribution is -0.126. The van der Waals surface area contributed by atoms with Gasteiger partial charge in [-0.25, -0.2) is 4.79 Å². The van der Waals surface area contributed by atoms with Crippen molar-refractivity contribution in [3.8, 4) is 0 Å².